The van der Waals surface area contributed by atoms with Crippen LogP contribution in [0.3, 0.4) is 0 Å². The second-order valence-electron chi connectivity index (χ2n) is 5.76. The van der Waals surface area contributed by atoms with Gasteiger partial charge in [0.05, 0.1) is 0 Å². The molecule has 1 unspecified atom stereocenters. The molecular formula is C18H22N2O. The van der Waals surface area contributed by atoms with Crippen molar-refractivity contribution in [3.8, 4) is 0 Å². The molecule has 110 valence electrons. The highest BCUT2D eigenvalue weighted by atomic mass is 16.3. The summed E-state index contributed by atoms with van der Waals surface area (Å²) < 4.78 is 0. The molecule has 0 aliphatic carbocycles. The first-order valence-electron chi connectivity index (χ1n) is 7.46. The Morgan fingerprint density at radius 2 is 1.62 bits per heavy atom. The molecule has 0 radical (unpaired) electrons. The SMILES string of the molecule is Cc1ccc(N2CCCN(C)C2(O)c2ccccc2)cc1. The number of nitrogens with zero attached hydrogens (tertiary/aromatic N) is 2. The van der Waals surface area contributed by atoms with Crippen LogP contribution in [0.5, 0.6) is 0 Å². The third-order valence-corrected chi connectivity index (χ3v) is 4.29. The summed E-state index contributed by atoms with van der Waals surface area (Å²) in [5.74, 6) is -1.09. The maximum absolute atomic E-state index is 11.4. The molecule has 1 heterocycles. The number of rotatable bonds is 2. The normalized spacial score (nSPS) is 23.3. The van der Waals surface area contributed by atoms with Crippen molar-refractivity contribution in [2.45, 2.75) is 19.2 Å². The Morgan fingerprint density at radius 3 is 2.29 bits per heavy atom. The predicted molar refractivity (Wildman–Crippen MR) is 86.1 cm³/mol. The quantitative estimate of drug-likeness (QED) is 0.917. The van der Waals surface area contributed by atoms with Gasteiger partial charge in [0.2, 0.25) is 5.85 Å². The van der Waals surface area contributed by atoms with Crippen molar-refractivity contribution < 1.29 is 5.11 Å². The molecule has 1 aliphatic heterocycles. The van der Waals surface area contributed by atoms with Crippen LogP contribution < -0.4 is 4.90 Å². The van der Waals surface area contributed by atoms with E-state index in [9.17, 15) is 5.11 Å². The zero-order valence-electron chi connectivity index (χ0n) is 12.7. The Kier molecular flexibility index (Phi) is 3.70. The molecule has 21 heavy (non-hydrogen) atoms. The van der Waals surface area contributed by atoms with E-state index in [2.05, 4.69) is 36.1 Å². The van der Waals surface area contributed by atoms with E-state index in [-0.39, 0.29) is 0 Å². The molecule has 2 aromatic carbocycles. The monoisotopic (exact) mass is 282 g/mol. The van der Waals surface area contributed by atoms with Crippen molar-refractivity contribution in [2.75, 3.05) is 25.0 Å². The number of hydrogen-bond donors (Lipinski definition) is 1. The van der Waals surface area contributed by atoms with Gasteiger partial charge in [-0.2, -0.15) is 0 Å². The number of anilines is 1. The molecule has 1 fully saturated rings. The molecular weight excluding hydrogens is 260 g/mol. The predicted octanol–water partition coefficient (Wildman–Crippen LogP) is 2.94. The third kappa shape index (κ3) is 2.43. The van der Waals surface area contributed by atoms with Gasteiger partial charge in [0.15, 0.2) is 0 Å². The Balaban J connectivity index is 2.06. The molecule has 3 rings (SSSR count). The van der Waals surface area contributed by atoms with Crippen molar-refractivity contribution in [1.82, 2.24) is 4.90 Å². The van der Waals surface area contributed by atoms with Crippen molar-refractivity contribution in [3.63, 3.8) is 0 Å². The molecule has 1 aliphatic rings. The van der Waals surface area contributed by atoms with Crippen LogP contribution in [0.25, 0.3) is 0 Å². The Bertz CT molecular complexity index is 596. The maximum Gasteiger partial charge on any atom is 0.225 e. The summed E-state index contributed by atoms with van der Waals surface area (Å²) in [6, 6.07) is 18.3. The summed E-state index contributed by atoms with van der Waals surface area (Å²) in [4.78, 5) is 4.11. The lowest BCUT2D eigenvalue weighted by Gasteiger charge is -2.50. The lowest BCUT2D eigenvalue weighted by Crippen LogP contribution is -2.61. The van der Waals surface area contributed by atoms with Gasteiger partial charge < -0.3 is 10.0 Å². The Morgan fingerprint density at radius 1 is 0.952 bits per heavy atom. The number of aryl methyl sites for hydroxylation is 1. The standard InChI is InChI=1S/C18H22N2O/c1-15-9-11-17(12-10-15)20-14-6-13-19(2)18(20,21)16-7-4-3-5-8-16/h3-5,7-12,21H,6,13-14H2,1-2H3. The van der Waals surface area contributed by atoms with Crippen LogP contribution in [-0.2, 0) is 5.85 Å². The average Bonchev–Trinajstić information content (AvgIpc) is 2.52. The van der Waals surface area contributed by atoms with Crippen molar-refractivity contribution in [3.05, 3.63) is 65.7 Å². The summed E-state index contributed by atoms with van der Waals surface area (Å²) in [5.41, 5.74) is 3.19. The van der Waals surface area contributed by atoms with Crippen LogP contribution in [0, 0.1) is 6.92 Å². The third-order valence-electron chi connectivity index (χ3n) is 4.29. The molecule has 1 saturated heterocycles. The molecule has 0 bridgehead atoms. The minimum absolute atomic E-state index is 0.846. The van der Waals surface area contributed by atoms with Gasteiger partial charge in [-0.1, -0.05) is 48.0 Å². The Hall–Kier alpha value is -1.84. The minimum atomic E-state index is -1.09. The molecule has 2 aromatic rings. The maximum atomic E-state index is 11.4. The second kappa shape index (κ2) is 5.51. The first-order chi connectivity index (χ1) is 10.1. The van der Waals surface area contributed by atoms with Crippen LogP contribution in [-0.4, -0.2) is 30.1 Å². The van der Waals surface area contributed by atoms with Gasteiger partial charge in [0.25, 0.3) is 0 Å². The molecule has 0 aromatic heterocycles. The molecule has 3 heteroatoms. The van der Waals surface area contributed by atoms with Crippen molar-refractivity contribution in [1.29, 1.82) is 0 Å². The first kappa shape index (κ1) is 14.1. The lowest BCUT2D eigenvalue weighted by atomic mass is 10.0. The molecule has 1 N–H and O–H groups in total. The second-order valence-corrected chi connectivity index (χ2v) is 5.76. The smallest absolute Gasteiger partial charge is 0.225 e. The molecule has 3 nitrogen and oxygen atoms in total. The van der Waals surface area contributed by atoms with Gasteiger partial charge in [-0.25, -0.2) is 0 Å². The number of aliphatic hydroxyl groups is 1. The summed E-state index contributed by atoms with van der Waals surface area (Å²) in [5, 5.41) is 11.4. The fourth-order valence-electron chi connectivity index (χ4n) is 3.06. The van der Waals surface area contributed by atoms with Crippen molar-refractivity contribution >= 4 is 5.69 Å². The van der Waals surface area contributed by atoms with E-state index in [0.29, 0.717) is 0 Å². The fraction of sp³-hybridized carbons (Fsp3) is 0.333. The average molecular weight is 282 g/mol. The van der Waals surface area contributed by atoms with Gasteiger partial charge >= 0.3 is 0 Å². The van der Waals surface area contributed by atoms with E-state index in [1.165, 1.54) is 5.56 Å². The highest BCUT2D eigenvalue weighted by Crippen LogP contribution is 2.36. The number of hydrogen-bond acceptors (Lipinski definition) is 3. The first-order valence-corrected chi connectivity index (χ1v) is 7.46. The van der Waals surface area contributed by atoms with Gasteiger partial charge in [-0.3, -0.25) is 4.90 Å². The van der Waals surface area contributed by atoms with Crippen LogP contribution in [0.4, 0.5) is 5.69 Å². The number of benzene rings is 2. The summed E-state index contributed by atoms with van der Waals surface area (Å²) in [7, 11) is 1.98. The molecule has 0 spiro atoms. The van der Waals surface area contributed by atoms with Gasteiger partial charge in [-0.15, -0.1) is 0 Å². The van der Waals surface area contributed by atoms with E-state index in [0.717, 1.165) is 30.8 Å². The van der Waals surface area contributed by atoms with Crippen LogP contribution in [0.2, 0.25) is 0 Å². The largest absolute Gasteiger partial charge is 0.355 e. The van der Waals surface area contributed by atoms with E-state index in [1.807, 2.05) is 42.3 Å². The lowest BCUT2D eigenvalue weighted by molar-refractivity contribution is -0.118. The van der Waals surface area contributed by atoms with Crippen molar-refractivity contribution in [2.24, 2.45) is 0 Å². The van der Waals surface area contributed by atoms with E-state index >= 15 is 0 Å². The van der Waals surface area contributed by atoms with E-state index in [1.54, 1.807) is 0 Å². The summed E-state index contributed by atoms with van der Waals surface area (Å²) in [6.45, 7) is 3.81. The highest BCUT2D eigenvalue weighted by molar-refractivity contribution is 5.51. The summed E-state index contributed by atoms with van der Waals surface area (Å²) in [6.07, 6.45) is 1.04. The zero-order valence-corrected chi connectivity index (χ0v) is 12.7. The molecule has 0 amide bonds. The van der Waals surface area contributed by atoms with Crippen LogP contribution in [0.15, 0.2) is 54.6 Å². The molecule has 1 atom stereocenters. The Labute approximate surface area is 126 Å². The summed E-state index contributed by atoms with van der Waals surface area (Å²) >= 11 is 0. The van der Waals surface area contributed by atoms with Crippen LogP contribution >= 0.6 is 0 Å². The highest BCUT2D eigenvalue weighted by Gasteiger charge is 2.43. The van der Waals surface area contributed by atoms with Crippen LogP contribution in [0.1, 0.15) is 17.5 Å². The van der Waals surface area contributed by atoms with E-state index in [4.69, 9.17) is 0 Å². The zero-order chi connectivity index (χ0) is 14.9. The molecule has 0 saturated carbocycles. The van der Waals surface area contributed by atoms with E-state index < -0.39 is 5.85 Å². The van der Waals surface area contributed by atoms with Gasteiger partial charge in [0, 0.05) is 24.3 Å². The minimum Gasteiger partial charge on any atom is -0.355 e. The topological polar surface area (TPSA) is 26.7 Å². The fourth-order valence-corrected chi connectivity index (χ4v) is 3.06. The van der Waals surface area contributed by atoms with Gasteiger partial charge in [-0.05, 0) is 32.5 Å². The van der Waals surface area contributed by atoms with Gasteiger partial charge in [0.1, 0.15) is 0 Å².